The van der Waals surface area contributed by atoms with E-state index in [0.29, 0.717) is 5.75 Å². The quantitative estimate of drug-likeness (QED) is 0.690. The summed E-state index contributed by atoms with van der Waals surface area (Å²) >= 11 is 1.69. The van der Waals surface area contributed by atoms with Gasteiger partial charge in [-0.15, -0.1) is 0 Å². The van der Waals surface area contributed by atoms with Crippen molar-refractivity contribution in [2.24, 2.45) is 0 Å². The fourth-order valence-electron chi connectivity index (χ4n) is 2.29. The zero-order valence-corrected chi connectivity index (χ0v) is 11.7. The molecule has 0 aromatic carbocycles. The number of aliphatic hydroxyl groups is 1. The Kier molecular flexibility index (Phi) is 6.97. The zero-order valence-electron chi connectivity index (χ0n) is 10.8. The Bertz CT molecular complexity index is 227. The molecule has 1 rings (SSSR count). The molecule has 4 heteroatoms. The van der Waals surface area contributed by atoms with Gasteiger partial charge in [0.1, 0.15) is 0 Å². The summed E-state index contributed by atoms with van der Waals surface area (Å²) < 4.78 is 0. The third kappa shape index (κ3) is 5.30. The van der Waals surface area contributed by atoms with Crippen LogP contribution in [0.5, 0.6) is 0 Å². The fraction of sp³-hybridized carbons (Fsp3) is 0.923. The molecule has 0 bridgehead atoms. The molecule has 0 aliphatic heterocycles. The average molecular weight is 259 g/mol. The Labute approximate surface area is 109 Å². The van der Waals surface area contributed by atoms with Gasteiger partial charge < -0.3 is 10.4 Å². The molecular weight excluding hydrogens is 234 g/mol. The number of aliphatic hydroxyl groups excluding tert-OH is 1. The minimum atomic E-state index is -0.319. The summed E-state index contributed by atoms with van der Waals surface area (Å²) in [5.74, 6) is 1.67. The van der Waals surface area contributed by atoms with Crippen molar-refractivity contribution in [3.8, 4) is 0 Å². The van der Waals surface area contributed by atoms with Crippen molar-refractivity contribution < 1.29 is 9.90 Å². The Hall–Kier alpha value is -0.220. The van der Waals surface area contributed by atoms with Gasteiger partial charge in [0, 0.05) is 0 Å². The summed E-state index contributed by atoms with van der Waals surface area (Å²) in [5, 5.41) is 12.5. The van der Waals surface area contributed by atoms with Crippen LogP contribution in [0.2, 0.25) is 0 Å². The average Bonchev–Trinajstić information content (AvgIpc) is 2.36. The maximum absolute atomic E-state index is 11.8. The Morgan fingerprint density at radius 3 is 2.65 bits per heavy atom. The number of hydrogen-bond donors (Lipinski definition) is 2. The maximum atomic E-state index is 11.8. The van der Waals surface area contributed by atoms with Crippen molar-refractivity contribution in [2.75, 3.05) is 18.1 Å². The van der Waals surface area contributed by atoms with Gasteiger partial charge in [-0.1, -0.05) is 32.6 Å². The predicted octanol–water partition coefficient (Wildman–Crippen LogP) is 2.33. The van der Waals surface area contributed by atoms with Crippen LogP contribution in [0.1, 0.15) is 51.9 Å². The summed E-state index contributed by atoms with van der Waals surface area (Å²) in [7, 11) is 0. The third-order valence-corrected chi connectivity index (χ3v) is 4.44. The molecule has 0 radical (unpaired) electrons. The number of nitrogens with one attached hydrogen (secondary N) is 1. The van der Waals surface area contributed by atoms with E-state index in [2.05, 4.69) is 12.2 Å². The smallest absolute Gasteiger partial charge is 0.230 e. The van der Waals surface area contributed by atoms with E-state index in [9.17, 15) is 9.90 Å². The largest absolute Gasteiger partial charge is 0.394 e. The molecule has 1 saturated carbocycles. The van der Waals surface area contributed by atoms with E-state index >= 15 is 0 Å². The minimum Gasteiger partial charge on any atom is -0.394 e. The van der Waals surface area contributed by atoms with Crippen LogP contribution in [-0.4, -0.2) is 34.7 Å². The summed E-state index contributed by atoms with van der Waals surface area (Å²) in [4.78, 5) is 11.8. The van der Waals surface area contributed by atoms with Gasteiger partial charge in [-0.05, 0) is 25.0 Å². The minimum absolute atomic E-state index is 0.0817. The number of amides is 1. The molecule has 1 aliphatic rings. The molecular formula is C13H25NO2S. The highest BCUT2D eigenvalue weighted by atomic mass is 32.2. The molecule has 0 aromatic rings. The first-order valence-electron chi connectivity index (χ1n) is 6.72. The first kappa shape index (κ1) is 14.8. The van der Waals surface area contributed by atoms with E-state index in [-0.39, 0.29) is 18.1 Å². The van der Waals surface area contributed by atoms with E-state index < -0.39 is 0 Å². The van der Waals surface area contributed by atoms with Crippen LogP contribution < -0.4 is 5.32 Å². The van der Waals surface area contributed by atoms with Crippen LogP contribution >= 0.6 is 11.8 Å². The van der Waals surface area contributed by atoms with E-state index in [0.717, 1.165) is 31.4 Å². The SMILES string of the molecule is CCCCSCC(=O)NC1(CO)CCCCC1. The number of unbranched alkanes of at least 4 members (excludes halogenated alkanes) is 1. The van der Waals surface area contributed by atoms with E-state index in [1.165, 1.54) is 19.3 Å². The second kappa shape index (κ2) is 7.98. The summed E-state index contributed by atoms with van der Waals surface area (Å²) in [6, 6.07) is 0. The number of hydrogen-bond acceptors (Lipinski definition) is 3. The third-order valence-electron chi connectivity index (χ3n) is 3.39. The van der Waals surface area contributed by atoms with Crippen LogP contribution in [-0.2, 0) is 4.79 Å². The molecule has 100 valence electrons. The van der Waals surface area contributed by atoms with Gasteiger partial charge in [0.25, 0.3) is 0 Å². The van der Waals surface area contributed by atoms with Gasteiger partial charge in [-0.3, -0.25) is 4.79 Å². The number of rotatable bonds is 7. The number of carbonyl (C=O) groups is 1. The second-order valence-corrected chi connectivity index (χ2v) is 6.06. The topological polar surface area (TPSA) is 49.3 Å². The van der Waals surface area contributed by atoms with Crippen molar-refractivity contribution in [3.05, 3.63) is 0 Å². The maximum Gasteiger partial charge on any atom is 0.230 e. The van der Waals surface area contributed by atoms with Crippen LogP contribution in [0.3, 0.4) is 0 Å². The van der Waals surface area contributed by atoms with Crippen molar-refractivity contribution in [1.82, 2.24) is 5.32 Å². The Morgan fingerprint density at radius 1 is 1.35 bits per heavy atom. The molecule has 0 spiro atoms. The highest BCUT2D eigenvalue weighted by molar-refractivity contribution is 7.99. The molecule has 0 heterocycles. The first-order valence-corrected chi connectivity index (χ1v) is 7.87. The normalized spacial score (nSPS) is 18.9. The van der Waals surface area contributed by atoms with Crippen molar-refractivity contribution >= 4 is 17.7 Å². The van der Waals surface area contributed by atoms with Crippen molar-refractivity contribution in [3.63, 3.8) is 0 Å². The molecule has 1 aliphatic carbocycles. The van der Waals surface area contributed by atoms with Crippen molar-refractivity contribution in [1.29, 1.82) is 0 Å². The first-order chi connectivity index (χ1) is 8.22. The standard InChI is InChI=1S/C13H25NO2S/c1-2-3-9-17-10-12(16)14-13(11-15)7-5-4-6-8-13/h15H,2-11H2,1H3,(H,14,16). The predicted molar refractivity (Wildman–Crippen MR) is 73.3 cm³/mol. The lowest BCUT2D eigenvalue weighted by Gasteiger charge is -2.36. The lowest BCUT2D eigenvalue weighted by Crippen LogP contribution is -2.53. The Morgan fingerprint density at radius 2 is 2.06 bits per heavy atom. The van der Waals surface area contributed by atoms with Gasteiger partial charge in [0.15, 0.2) is 0 Å². The van der Waals surface area contributed by atoms with Gasteiger partial charge in [0.05, 0.1) is 17.9 Å². The van der Waals surface area contributed by atoms with Crippen LogP contribution in [0.4, 0.5) is 0 Å². The van der Waals surface area contributed by atoms with Crippen LogP contribution in [0, 0.1) is 0 Å². The van der Waals surface area contributed by atoms with Gasteiger partial charge >= 0.3 is 0 Å². The molecule has 0 saturated heterocycles. The molecule has 1 fully saturated rings. The molecule has 3 nitrogen and oxygen atoms in total. The second-order valence-electron chi connectivity index (χ2n) is 4.95. The zero-order chi connectivity index (χ0) is 12.6. The molecule has 0 atom stereocenters. The number of carbonyl (C=O) groups excluding carboxylic acids is 1. The fourth-order valence-corrected chi connectivity index (χ4v) is 3.19. The molecule has 0 aromatic heterocycles. The number of thioether (sulfide) groups is 1. The van der Waals surface area contributed by atoms with Crippen molar-refractivity contribution in [2.45, 2.75) is 57.4 Å². The summed E-state index contributed by atoms with van der Waals surface area (Å²) in [5.41, 5.74) is -0.319. The molecule has 2 N–H and O–H groups in total. The Balaban J connectivity index is 2.27. The van der Waals surface area contributed by atoms with Crippen LogP contribution in [0.15, 0.2) is 0 Å². The van der Waals surface area contributed by atoms with Crippen LogP contribution in [0.25, 0.3) is 0 Å². The molecule has 0 unspecified atom stereocenters. The lowest BCUT2D eigenvalue weighted by atomic mass is 9.82. The van der Waals surface area contributed by atoms with E-state index in [1.807, 2.05) is 0 Å². The van der Waals surface area contributed by atoms with Gasteiger partial charge in [-0.25, -0.2) is 0 Å². The summed E-state index contributed by atoms with van der Waals surface area (Å²) in [6.07, 6.45) is 7.65. The van der Waals surface area contributed by atoms with E-state index in [4.69, 9.17) is 0 Å². The van der Waals surface area contributed by atoms with E-state index in [1.54, 1.807) is 11.8 Å². The highest BCUT2D eigenvalue weighted by Crippen LogP contribution is 2.27. The highest BCUT2D eigenvalue weighted by Gasteiger charge is 2.32. The van der Waals surface area contributed by atoms with Gasteiger partial charge in [-0.2, -0.15) is 11.8 Å². The summed E-state index contributed by atoms with van der Waals surface area (Å²) in [6.45, 7) is 2.24. The molecule has 1 amide bonds. The monoisotopic (exact) mass is 259 g/mol. The lowest BCUT2D eigenvalue weighted by molar-refractivity contribution is -0.121. The molecule has 17 heavy (non-hydrogen) atoms. The van der Waals surface area contributed by atoms with Gasteiger partial charge in [0.2, 0.25) is 5.91 Å².